The summed E-state index contributed by atoms with van der Waals surface area (Å²) in [4.78, 5) is 11.0. The van der Waals surface area contributed by atoms with E-state index in [1.165, 1.54) is 13.2 Å². The van der Waals surface area contributed by atoms with Crippen LogP contribution in [0.2, 0.25) is 0 Å². The molecule has 0 saturated heterocycles. The molecule has 0 unspecified atom stereocenters. The normalized spacial score (nSPS) is 11.1. The van der Waals surface area contributed by atoms with Gasteiger partial charge >= 0.3 is 5.97 Å². The molecular weight excluding hydrogens is 320 g/mol. The number of ether oxygens (including phenoxy) is 2. The smallest absolute Gasteiger partial charge is 0.335 e. The van der Waals surface area contributed by atoms with Gasteiger partial charge in [-0.05, 0) is 36.8 Å². The van der Waals surface area contributed by atoms with Crippen LogP contribution in [0.1, 0.15) is 15.9 Å². The number of hydrogen-bond acceptors (Lipinski definition) is 5. The van der Waals surface area contributed by atoms with Crippen molar-refractivity contribution in [3.63, 3.8) is 0 Å². The molecule has 0 saturated carbocycles. The Hall–Kier alpha value is -2.54. The molecule has 6 nitrogen and oxygen atoms in total. The molecule has 0 radical (unpaired) electrons. The Morgan fingerprint density at radius 2 is 1.78 bits per heavy atom. The van der Waals surface area contributed by atoms with E-state index in [0.717, 1.165) is 12.3 Å². The first-order valence-corrected chi connectivity index (χ1v) is 8.51. The Morgan fingerprint density at radius 1 is 1.13 bits per heavy atom. The van der Waals surface area contributed by atoms with Crippen molar-refractivity contribution in [2.75, 3.05) is 13.4 Å². The Morgan fingerprint density at radius 3 is 2.35 bits per heavy atom. The Bertz CT molecular complexity index is 855. The fourth-order valence-electron chi connectivity index (χ4n) is 2.05. The van der Waals surface area contributed by atoms with Gasteiger partial charge in [0.05, 0.1) is 12.7 Å². The standard InChI is InChI=1S/C16H16O6S/c1-10-7-14(22-12-6-4-5-11(8-12)21-2)15(23(3,19)20)9-13(10)16(17)18/h4-9H,1-3H3,(H,17,18). The van der Waals surface area contributed by atoms with Crippen molar-refractivity contribution in [1.82, 2.24) is 0 Å². The zero-order valence-electron chi connectivity index (χ0n) is 12.9. The van der Waals surface area contributed by atoms with Gasteiger partial charge < -0.3 is 14.6 Å². The van der Waals surface area contributed by atoms with Gasteiger partial charge in [0.15, 0.2) is 9.84 Å². The van der Waals surface area contributed by atoms with Crippen LogP contribution < -0.4 is 9.47 Å². The van der Waals surface area contributed by atoms with Crippen molar-refractivity contribution in [2.45, 2.75) is 11.8 Å². The summed E-state index contributed by atoms with van der Waals surface area (Å²) in [6, 6.07) is 9.19. The van der Waals surface area contributed by atoms with Gasteiger partial charge in [0.2, 0.25) is 0 Å². The summed E-state index contributed by atoms with van der Waals surface area (Å²) >= 11 is 0. The lowest BCUT2D eigenvalue weighted by Crippen LogP contribution is -2.06. The van der Waals surface area contributed by atoms with E-state index in [-0.39, 0.29) is 16.2 Å². The number of aryl methyl sites for hydroxylation is 1. The third kappa shape index (κ3) is 3.81. The van der Waals surface area contributed by atoms with Crippen LogP contribution in [-0.2, 0) is 9.84 Å². The van der Waals surface area contributed by atoms with E-state index in [0.29, 0.717) is 17.1 Å². The Labute approximate surface area is 134 Å². The van der Waals surface area contributed by atoms with Crippen LogP contribution in [0, 0.1) is 6.92 Å². The summed E-state index contributed by atoms with van der Waals surface area (Å²) in [5.74, 6) is -0.178. The molecule has 0 amide bonds. The fourth-order valence-corrected chi connectivity index (χ4v) is 2.85. The summed E-state index contributed by atoms with van der Waals surface area (Å²) in [5, 5.41) is 9.15. The van der Waals surface area contributed by atoms with E-state index >= 15 is 0 Å². The molecule has 0 bridgehead atoms. The molecule has 7 heteroatoms. The molecule has 0 fully saturated rings. The minimum atomic E-state index is -3.66. The lowest BCUT2D eigenvalue weighted by atomic mass is 10.1. The summed E-state index contributed by atoms with van der Waals surface area (Å²) in [5.41, 5.74) is 0.325. The van der Waals surface area contributed by atoms with Gasteiger partial charge in [-0.1, -0.05) is 6.07 Å². The maximum absolute atomic E-state index is 12.0. The highest BCUT2D eigenvalue weighted by Gasteiger charge is 2.20. The largest absolute Gasteiger partial charge is 0.497 e. The molecular formula is C16H16O6S. The van der Waals surface area contributed by atoms with E-state index in [1.807, 2.05) is 0 Å². The van der Waals surface area contributed by atoms with E-state index in [4.69, 9.17) is 14.6 Å². The number of carboxylic acid groups (broad SMARTS) is 1. The van der Waals surface area contributed by atoms with Gasteiger partial charge in [0.1, 0.15) is 22.1 Å². The second-order valence-electron chi connectivity index (χ2n) is 4.97. The summed E-state index contributed by atoms with van der Waals surface area (Å²) in [7, 11) is -2.15. The predicted molar refractivity (Wildman–Crippen MR) is 84.3 cm³/mol. The molecule has 2 rings (SSSR count). The minimum Gasteiger partial charge on any atom is -0.497 e. The average molecular weight is 336 g/mol. The SMILES string of the molecule is COc1cccc(Oc2cc(C)c(C(=O)O)cc2S(C)(=O)=O)c1. The number of aromatic carboxylic acids is 1. The van der Waals surface area contributed by atoms with Gasteiger partial charge in [-0.15, -0.1) is 0 Å². The van der Waals surface area contributed by atoms with Gasteiger partial charge in [0, 0.05) is 12.3 Å². The molecule has 0 aromatic heterocycles. The van der Waals surface area contributed by atoms with Gasteiger partial charge in [-0.3, -0.25) is 0 Å². The number of carboxylic acids is 1. The predicted octanol–water partition coefficient (Wildman–Crippen LogP) is 2.90. The number of carbonyl (C=O) groups is 1. The quantitative estimate of drug-likeness (QED) is 0.903. The lowest BCUT2D eigenvalue weighted by Gasteiger charge is -2.13. The molecule has 122 valence electrons. The monoisotopic (exact) mass is 336 g/mol. The zero-order valence-corrected chi connectivity index (χ0v) is 13.7. The van der Waals surface area contributed by atoms with Crippen LogP contribution in [0.3, 0.4) is 0 Å². The van der Waals surface area contributed by atoms with Crippen LogP contribution in [0.5, 0.6) is 17.2 Å². The summed E-state index contributed by atoms with van der Waals surface area (Å²) < 4.78 is 34.6. The highest BCUT2D eigenvalue weighted by molar-refractivity contribution is 7.90. The molecule has 0 aliphatic rings. The van der Waals surface area contributed by atoms with Crippen molar-refractivity contribution < 1.29 is 27.8 Å². The second-order valence-corrected chi connectivity index (χ2v) is 6.96. The van der Waals surface area contributed by atoms with E-state index in [1.54, 1.807) is 31.2 Å². The maximum Gasteiger partial charge on any atom is 0.335 e. The number of rotatable bonds is 5. The number of hydrogen-bond donors (Lipinski definition) is 1. The molecule has 0 aliphatic heterocycles. The van der Waals surface area contributed by atoms with Crippen LogP contribution in [0.25, 0.3) is 0 Å². The number of methoxy groups -OCH3 is 1. The van der Waals surface area contributed by atoms with E-state index in [9.17, 15) is 13.2 Å². The first-order valence-electron chi connectivity index (χ1n) is 6.62. The molecule has 23 heavy (non-hydrogen) atoms. The highest BCUT2D eigenvalue weighted by Crippen LogP contribution is 2.33. The Kier molecular flexibility index (Phi) is 4.60. The average Bonchev–Trinajstić information content (AvgIpc) is 2.45. The fraction of sp³-hybridized carbons (Fsp3) is 0.188. The molecule has 0 heterocycles. The highest BCUT2D eigenvalue weighted by atomic mass is 32.2. The molecule has 2 aromatic carbocycles. The van der Waals surface area contributed by atoms with Crippen LogP contribution >= 0.6 is 0 Å². The van der Waals surface area contributed by atoms with Crippen molar-refractivity contribution >= 4 is 15.8 Å². The van der Waals surface area contributed by atoms with Gasteiger partial charge in [0.25, 0.3) is 0 Å². The van der Waals surface area contributed by atoms with Crippen LogP contribution in [0.15, 0.2) is 41.3 Å². The minimum absolute atomic E-state index is 0.0725. The first kappa shape index (κ1) is 16.8. The van der Waals surface area contributed by atoms with Gasteiger partial charge in [-0.2, -0.15) is 0 Å². The van der Waals surface area contributed by atoms with Crippen molar-refractivity contribution in [3.8, 4) is 17.2 Å². The van der Waals surface area contributed by atoms with Crippen molar-refractivity contribution in [3.05, 3.63) is 47.5 Å². The third-order valence-electron chi connectivity index (χ3n) is 3.19. The van der Waals surface area contributed by atoms with Crippen LogP contribution in [0.4, 0.5) is 0 Å². The zero-order chi connectivity index (χ0) is 17.2. The van der Waals surface area contributed by atoms with Crippen molar-refractivity contribution in [2.24, 2.45) is 0 Å². The Balaban J connectivity index is 2.56. The third-order valence-corrected chi connectivity index (χ3v) is 4.31. The molecule has 2 aromatic rings. The van der Waals surface area contributed by atoms with Gasteiger partial charge in [-0.25, -0.2) is 13.2 Å². The lowest BCUT2D eigenvalue weighted by molar-refractivity contribution is 0.0696. The first-order chi connectivity index (χ1) is 10.7. The second kappa shape index (κ2) is 6.29. The van der Waals surface area contributed by atoms with E-state index < -0.39 is 15.8 Å². The van der Waals surface area contributed by atoms with Crippen LogP contribution in [-0.4, -0.2) is 32.9 Å². The molecule has 0 aliphatic carbocycles. The molecule has 0 atom stereocenters. The summed E-state index contributed by atoms with van der Waals surface area (Å²) in [6.07, 6.45) is 1.00. The number of sulfone groups is 1. The molecule has 0 spiro atoms. The van der Waals surface area contributed by atoms with E-state index in [2.05, 4.69) is 0 Å². The number of benzene rings is 2. The topological polar surface area (TPSA) is 89.9 Å². The summed E-state index contributed by atoms with van der Waals surface area (Å²) in [6.45, 7) is 1.58. The molecule has 1 N–H and O–H groups in total. The van der Waals surface area contributed by atoms with Crippen molar-refractivity contribution in [1.29, 1.82) is 0 Å². The maximum atomic E-state index is 12.0.